The predicted octanol–water partition coefficient (Wildman–Crippen LogP) is 5.74. The molecule has 1 heterocycles. The van der Waals surface area contributed by atoms with Crippen LogP contribution < -0.4 is 10.1 Å². The summed E-state index contributed by atoms with van der Waals surface area (Å²) in [5.74, 6) is -0.00636. The molecule has 7 nitrogen and oxygen atoms in total. The second kappa shape index (κ2) is 11.1. The third-order valence-corrected chi connectivity index (χ3v) is 9.04. The zero-order valence-corrected chi connectivity index (χ0v) is 22.0. The topological polar surface area (TPSA) is 88.6 Å². The van der Waals surface area contributed by atoms with Gasteiger partial charge in [0, 0.05) is 22.7 Å². The van der Waals surface area contributed by atoms with Gasteiger partial charge in [0.2, 0.25) is 15.9 Å². The number of hydrogen-bond acceptors (Lipinski definition) is 6. The highest BCUT2D eigenvalue weighted by molar-refractivity contribution is 7.89. The van der Waals surface area contributed by atoms with Crippen LogP contribution in [0.5, 0.6) is 5.75 Å². The number of benzene rings is 2. The van der Waals surface area contributed by atoms with Crippen LogP contribution in [0.4, 0.5) is 5.69 Å². The van der Waals surface area contributed by atoms with E-state index in [9.17, 15) is 13.2 Å². The number of carbonyl (C=O) groups excluding carboxylic acids is 1. The normalized spacial score (nSPS) is 14.7. The lowest BCUT2D eigenvalue weighted by Crippen LogP contribution is -2.45. The number of methoxy groups -OCH3 is 1. The molecule has 0 bridgehead atoms. The van der Waals surface area contributed by atoms with Gasteiger partial charge in [-0.15, -0.1) is 11.3 Å². The molecule has 1 aliphatic rings. The molecule has 2 aromatic carbocycles. The number of nitrogens with zero attached hydrogens (tertiary/aromatic N) is 2. The van der Waals surface area contributed by atoms with Gasteiger partial charge in [-0.1, -0.05) is 43.0 Å². The lowest BCUT2D eigenvalue weighted by atomic mass is 9.95. The number of carbonyl (C=O) groups is 1. The molecule has 0 radical (unpaired) electrons. The predicted molar refractivity (Wildman–Crippen MR) is 140 cm³/mol. The summed E-state index contributed by atoms with van der Waals surface area (Å²) in [6, 6.07) is 11.5. The van der Waals surface area contributed by atoms with Gasteiger partial charge < -0.3 is 10.1 Å². The molecule has 1 N–H and O–H groups in total. The maximum atomic E-state index is 13.7. The number of nitrogens with one attached hydrogen (secondary N) is 1. The first-order valence-corrected chi connectivity index (χ1v) is 14.2. The Hall–Kier alpha value is -2.46. The summed E-state index contributed by atoms with van der Waals surface area (Å²) >= 11 is 7.77. The zero-order chi connectivity index (χ0) is 25.0. The molecule has 1 aromatic heterocycles. The number of ether oxygens (including phenoxy) is 1. The summed E-state index contributed by atoms with van der Waals surface area (Å²) in [4.78, 5) is 17.6. The highest BCUT2D eigenvalue weighted by Crippen LogP contribution is 2.32. The monoisotopic (exact) mass is 533 g/mol. The fourth-order valence-corrected chi connectivity index (χ4v) is 6.93. The first kappa shape index (κ1) is 25.6. The van der Waals surface area contributed by atoms with Crippen molar-refractivity contribution >= 4 is 44.6 Å². The molecule has 1 aliphatic carbocycles. The molecule has 0 unspecified atom stereocenters. The molecule has 10 heteroatoms. The van der Waals surface area contributed by atoms with E-state index in [2.05, 4.69) is 10.3 Å². The number of thiazole rings is 1. The SMILES string of the molecule is COc1ccc(S(=O)(=O)N(CC(=O)Nc2cccc(-c3csc(C)n3)c2)C2CCCCC2)cc1Cl. The fourth-order valence-electron chi connectivity index (χ4n) is 4.32. The molecular weight excluding hydrogens is 506 g/mol. The number of rotatable bonds is 8. The maximum Gasteiger partial charge on any atom is 0.243 e. The molecule has 3 aromatic rings. The number of hydrogen-bond donors (Lipinski definition) is 1. The average Bonchev–Trinajstić information content (AvgIpc) is 3.29. The number of amides is 1. The smallest absolute Gasteiger partial charge is 0.243 e. The molecule has 1 saturated carbocycles. The molecule has 4 rings (SSSR count). The standard InChI is InChI=1S/C25H28ClN3O4S2/c1-17-27-23(16-34-17)18-7-6-8-19(13-18)28-25(30)15-29(20-9-4-3-5-10-20)35(31,32)21-11-12-24(33-2)22(26)14-21/h6-8,11-14,16,20H,3-5,9-10,15H2,1-2H3,(H,28,30). The van der Waals surface area contributed by atoms with Gasteiger partial charge in [-0.05, 0) is 50.1 Å². The Kier molecular flexibility index (Phi) is 8.11. The van der Waals surface area contributed by atoms with Gasteiger partial charge in [-0.25, -0.2) is 13.4 Å². The highest BCUT2D eigenvalue weighted by Gasteiger charge is 2.34. The quantitative estimate of drug-likeness (QED) is 0.398. The molecule has 0 spiro atoms. The minimum atomic E-state index is -3.96. The van der Waals surface area contributed by atoms with E-state index in [1.54, 1.807) is 17.4 Å². The lowest BCUT2D eigenvalue weighted by molar-refractivity contribution is -0.116. The summed E-state index contributed by atoms with van der Waals surface area (Å²) in [5, 5.41) is 6.00. The fraction of sp³-hybridized carbons (Fsp3) is 0.360. The summed E-state index contributed by atoms with van der Waals surface area (Å²) < 4.78 is 33.8. The Labute approximate surface area is 215 Å². The summed E-state index contributed by atoms with van der Waals surface area (Å²) in [7, 11) is -2.49. The Morgan fingerprint density at radius 1 is 1.20 bits per heavy atom. The van der Waals surface area contributed by atoms with Gasteiger partial charge in [-0.3, -0.25) is 4.79 Å². The molecule has 0 atom stereocenters. The van der Waals surface area contributed by atoms with Crippen LogP contribution in [0.1, 0.15) is 37.1 Å². The minimum absolute atomic E-state index is 0.0440. The number of halogens is 1. The van der Waals surface area contributed by atoms with E-state index < -0.39 is 15.9 Å². The first-order chi connectivity index (χ1) is 16.8. The number of aryl methyl sites for hydroxylation is 1. The molecule has 1 amide bonds. The van der Waals surface area contributed by atoms with Gasteiger partial charge in [0.1, 0.15) is 5.75 Å². The van der Waals surface area contributed by atoms with Crippen LogP contribution in [0.25, 0.3) is 11.3 Å². The van der Waals surface area contributed by atoms with Gasteiger partial charge >= 0.3 is 0 Å². The maximum absolute atomic E-state index is 13.7. The van der Waals surface area contributed by atoms with Crippen molar-refractivity contribution in [3.05, 3.63) is 57.9 Å². The lowest BCUT2D eigenvalue weighted by Gasteiger charge is -2.33. The van der Waals surface area contributed by atoms with Gasteiger partial charge in [0.05, 0.1) is 34.3 Å². The highest BCUT2D eigenvalue weighted by atomic mass is 35.5. The zero-order valence-electron chi connectivity index (χ0n) is 19.7. The van der Waals surface area contributed by atoms with Crippen LogP contribution in [0.2, 0.25) is 5.02 Å². The van der Waals surface area contributed by atoms with E-state index >= 15 is 0 Å². The van der Waals surface area contributed by atoms with Crippen LogP contribution in [-0.2, 0) is 14.8 Å². The largest absolute Gasteiger partial charge is 0.495 e. The number of anilines is 1. The Morgan fingerprint density at radius 3 is 2.63 bits per heavy atom. The second-order valence-electron chi connectivity index (χ2n) is 8.52. The molecule has 35 heavy (non-hydrogen) atoms. The molecule has 0 saturated heterocycles. The molecule has 186 valence electrons. The summed E-state index contributed by atoms with van der Waals surface area (Å²) in [5.41, 5.74) is 2.31. The molecular formula is C25H28ClN3O4S2. The molecule has 1 fully saturated rings. The van der Waals surface area contributed by atoms with Crippen molar-refractivity contribution in [1.82, 2.24) is 9.29 Å². The average molecular weight is 534 g/mol. The van der Waals surface area contributed by atoms with E-state index in [0.29, 0.717) is 11.4 Å². The van der Waals surface area contributed by atoms with E-state index in [0.717, 1.165) is 48.4 Å². The third-order valence-electron chi connectivity index (χ3n) is 6.07. The first-order valence-electron chi connectivity index (χ1n) is 11.5. The van der Waals surface area contributed by atoms with Crippen LogP contribution in [0.3, 0.4) is 0 Å². The van der Waals surface area contributed by atoms with Crippen molar-refractivity contribution in [2.75, 3.05) is 19.0 Å². The van der Waals surface area contributed by atoms with Crippen molar-refractivity contribution in [3.8, 4) is 17.0 Å². The summed E-state index contributed by atoms with van der Waals surface area (Å²) in [6.07, 6.45) is 4.35. The number of aromatic nitrogens is 1. The van der Waals surface area contributed by atoms with E-state index in [1.165, 1.54) is 29.6 Å². The van der Waals surface area contributed by atoms with Crippen LogP contribution in [0, 0.1) is 6.92 Å². The summed E-state index contributed by atoms with van der Waals surface area (Å²) in [6.45, 7) is 1.66. The van der Waals surface area contributed by atoms with Crippen molar-refractivity contribution in [3.63, 3.8) is 0 Å². The van der Waals surface area contributed by atoms with Crippen LogP contribution in [0.15, 0.2) is 52.7 Å². The van der Waals surface area contributed by atoms with Crippen molar-refractivity contribution in [2.24, 2.45) is 0 Å². The molecule has 0 aliphatic heterocycles. The Balaban J connectivity index is 1.57. The van der Waals surface area contributed by atoms with E-state index in [-0.39, 0.29) is 22.5 Å². The van der Waals surface area contributed by atoms with Gasteiger partial charge in [0.25, 0.3) is 0 Å². The third kappa shape index (κ3) is 6.03. The van der Waals surface area contributed by atoms with Gasteiger partial charge in [0.15, 0.2) is 0 Å². The van der Waals surface area contributed by atoms with E-state index in [1.807, 2.05) is 30.5 Å². The van der Waals surface area contributed by atoms with Crippen LogP contribution >= 0.6 is 22.9 Å². The van der Waals surface area contributed by atoms with E-state index in [4.69, 9.17) is 16.3 Å². The minimum Gasteiger partial charge on any atom is -0.495 e. The van der Waals surface area contributed by atoms with Crippen molar-refractivity contribution in [1.29, 1.82) is 0 Å². The van der Waals surface area contributed by atoms with Crippen LogP contribution in [-0.4, -0.2) is 43.3 Å². The van der Waals surface area contributed by atoms with Gasteiger partial charge in [-0.2, -0.15) is 4.31 Å². The van der Waals surface area contributed by atoms with Crippen molar-refractivity contribution < 1.29 is 17.9 Å². The number of sulfonamides is 1. The Bertz CT molecular complexity index is 1300. The van der Waals surface area contributed by atoms with Crippen molar-refractivity contribution in [2.45, 2.75) is 50.0 Å². The second-order valence-corrected chi connectivity index (χ2v) is 11.9. The Morgan fingerprint density at radius 2 is 1.97 bits per heavy atom.